The lowest BCUT2D eigenvalue weighted by Gasteiger charge is -2.72. The maximum Gasteiger partial charge on any atom is 0.335 e. The smallest absolute Gasteiger partial charge is 0.335 e. The largest absolute Gasteiger partial charge is 0.479 e. The van der Waals surface area contributed by atoms with Gasteiger partial charge in [0.2, 0.25) is 0 Å². The van der Waals surface area contributed by atoms with Crippen molar-refractivity contribution in [3.63, 3.8) is 0 Å². The maximum atomic E-state index is 12.5. The van der Waals surface area contributed by atoms with E-state index in [9.17, 15) is 50.8 Å². The molecule has 8 aliphatic rings. The molecule has 0 aromatic heterocycles. The molecule has 24 atom stereocenters. The number of aliphatic hydroxyl groups is 8. The van der Waals surface area contributed by atoms with Crippen LogP contribution >= 0.6 is 0 Å². The number of fused-ring (bicyclic) bond motifs is 7. The number of carboxylic acids is 1. The lowest BCUT2D eigenvalue weighted by Crippen LogP contribution is -2.68. The Kier molecular flexibility index (Phi) is 13.7. The minimum absolute atomic E-state index is 0.0164. The summed E-state index contributed by atoms with van der Waals surface area (Å²) < 4.78 is 42.7. The Labute approximate surface area is 389 Å². The van der Waals surface area contributed by atoms with E-state index < -0.39 is 116 Å². The van der Waals surface area contributed by atoms with E-state index in [0.29, 0.717) is 18.3 Å². The molecule has 3 aliphatic heterocycles. The fourth-order valence-electron chi connectivity index (χ4n) is 15.4. The summed E-state index contributed by atoms with van der Waals surface area (Å²) >= 11 is 0. The van der Waals surface area contributed by atoms with Gasteiger partial charge in [-0.1, -0.05) is 67.0 Å². The molecule has 4 saturated carbocycles. The van der Waals surface area contributed by atoms with Gasteiger partial charge in [-0.15, -0.1) is 0 Å². The zero-order valence-electron chi connectivity index (χ0n) is 40.5. The first-order valence-electron chi connectivity index (χ1n) is 24.5. The average Bonchev–Trinajstić information content (AvgIpc) is 3.25. The second-order valence-corrected chi connectivity index (χ2v) is 24.0. The molecule has 3 heterocycles. The Hall–Kier alpha value is -1.39. The van der Waals surface area contributed by atoms with Gasteiger partial charge in [0.15, 0.2) is 25.0 Å². The Morgan fingerprint density at radius 3 is 1.94 bits per heavy atom. The van der Waals surface area contributed by atoms with Crippen LogP contribution in [0.5, 0.6) is 0 Å². The Morgan fingerprint density at radius 2 is 1.30 bits per heavy atom. The summed E-state index contributed by atoms with van der Waals surface area (Å²) in [6, 6.07) is 0. The van der Waals surface area contributed by atoms with Gasteiger partial charge < -0.3 is 79.1 Å². The molecular formula is C49H80O17. The number of aliphatic carboxylic acids is 1. The summed E-state index contributed by atoms with van der Waals surface area (Å²) in [4.78, 5) is 12.5. The van der Waals surface area contributed by atoms with Crippen LogP contribution < -0.4 is 0 Å². The van der Waals surface area contributed by atoms with Crippen LogP contribution in [0.2, 0.25) is 0 Å². The molecule has 0 aromatic rings. The predicted octanol–water partition coefficient (Wildman–Crippen LogP) is 2.39. The summed E-state index contributed by atoms with van der Waals surface area (Å²) in [6.45, 7) is 19.8. The van der Waals surface area contributed by atoms with E-state index >= 15 is 0 Å². The lowest BCUT2D eigenvalue weighted by molar-refractivity contribution is -0.395. The van der Waals surface area contributed by atoms with E-state index in [-0.39, 0.29) is 39.1 Å². The van der Waals surface area contributed by atoms with E-state index in [2.05, 4.69) is 61.5 Å². The number of carboxylic acid groups (broad SMARTS) is 1. The molecule has 8 rings (SSSR count). The number of hydrogen-bond donors (Lipinski definition) is 9. The number of aliphatic hydroxyl groups excluding tert-OH is 8. The minimum atomic E-state index is -2.01. The third-order valence-corrected chi connectivity index (χ3v) is 19.6. The monoisotopic (exact) mass is 941 g/mol. The topological polar surface area (TPSA) is 264 Å². The van der Waals surface area contributed by atoms with Gasteiger partial charge >= 0.3 is 5.97 Å². The van der Waals surface area contributed by atoms with Gasteiger partial charge in [-0.2, -0.15) is 0 Å². The molecule has 17 nitrogen and oxygen atoms in total. The summed E-state index contributed by atoms with van der Waals surface area (Å²) in [5.74, 6) is -0.537. The fraction of sp³-hybridized carbons (Fsp3) is 0.939. The molecule has 0 bridgehead atoms. The highest BCUT2D eigenvalue weighted by Gasteiger charge is 2.69. The Bertz CT molecular complexity index is 1810. The normalized spacial score (nSPS) is 54.5. The van der Waals surface area contributed by atoms with Gasteiger partial charge in [0, 0.05) is 12.5 Å². The van der Waals surface area contributed by atoms with Crippen molar-refractivity contribution in [2.24, 2.45) is 50.2 Å². The van der Waals surface area contributed by atoms with Crippen LogP contribution in [-0.4, -0.2) is 170 Å². The summed E-state index contributed by atoms with van der Waals surface area (Å²) in [7, 11) is 1.88. The fourth-order valence-corrected chi connectivity index (χ4v) is 15.4. The first-order valence-corrected chi connectivity index (χ1v) is 24.5. The van der Waals surface area contributed by atoms with Crippen molar-refractivity contribution in [3.05, 3.63) is 11.6 Å². The van der Waals surface area contributed by atoms with E-state index in [4.69, 9.17) is 33.2 Å². The Morgan fingerprint density at radius 1 is 0.667 bits per heavy atom. The highest BCUT2D eigenvalue weighted by molar-refractivity contribution is 5.73. The second kappa shape index (κ2) is 17.7. The van der Waals surface area contributed by atoms with Crippen LogP contribution in [0.3, 0.4) is 0 Å². The van der Waals surface area contributed by atoms with Crippen molar-refractivity contribution in [3.8, 4) is 0 Å². The molecule has 0 spiro atoms. The quantitative estimate of drug-likeness (QED) is 0.119. The van der Waals surface area contributed by atoms with Crippen molar-refractivity contribution in [1.29, 1.82) is 0 Å². The highest BCUT2D eigenvalue weighted by Crippen LogP contribution is 2.76. The van der Waals surface area contributed by atoms with Crippen LogP contribution in [0.1, 0.15) is 120 Å². The van der Waals surface area contributed by atoms with Crippen molar-refractivity contribution in [2.45, 2.75) is 224 Å². The van der Waals surface area contributed by atoms with Crippen LogP contribution in [0.15, 0.2) is 11.6 Å². The molecule has 378 valence electrons. The number of ether oxygens (including phenoxy) is 7. The molecular weight excluding hydrogens is 861 g/mol. The lowest BCUT2D eigenvalue weighted by atomic mass is 9.33. The molecule has 0 radical (unpaired) electrons. The molecule has 0 unspecified atom stereocenters. The van der Waals surface area contributed by atoms with Crippen LogP contribution in [-0.2, 0) is 38.0 Å². The van der Waals surface area contributed by atoms with Crippen molar-refractivity contribution in [1.82, 2.24) is 0 Å². The first-order chi connectivity index (χ1) is 30.7. The van der Waals surface area contributed by atoms with Crippen LogP contribution in [0.25, 0.3) is 0 Å². The number of hydrogen-bond acceptors (Lipinski definition) is 16. The van der Waals surface area contributed by atoms with Gasteiger partial charge in [-0.3, -0.25) is 0 Å². The molecule has 66 heavy (non-hydrogen) atoms. The SMILES string of the molecule is CO[C@@H]1CC(C)(C)C[C@H]2C3=CC[C@@H]4[C@@]5(C)CC[C@H](O[C@@H]6O[C@H](C(=O)O)[C@@H](O)[C@H](O)[C@H]6O[C@@H]6O[C@H](CO)[C@H](O)[C@H](O)[C@H]6O[C@@H]6O[C@@H](C)[C@H](O)[C@@H](O)[C@H]6O)C(C)(C)[C@@H]5CC[C@@]4(C)[C@]3(C)CC[C@@]12C. The van der Waals surface area contributed by atoms with Crippen molar-refractivity contribution < 1.29 is 83.9 Å². The standard InChI is InChI=1S/C49H80O17/c1-22-30(51)32(53)36(57)41(61-22)65-38-33(54)31(52)25(21-50)62-42(38)66-39-35(56)34(55)37(40(58)59)64-43(39)63-28-14-15-47(7)26(45(28,4)5)13-16-49(9)27(47)12-11-23-24-19-44(2,3)20-29(60-10)46(24,6)17-18-48(23,49)8/h11,22,24-39,41-43,50-57H,12-21H2,1-10H3,(H,58,59)/t22-,24-,25+,26-,27+,28-,29+,30-,31-,32+,33-,34-,35-,36+,37-,38+,39+,41-,42-,43+,46+,47-,48+,49+/m0/s1. The van der Waals surface area contributed by atoms with E-state index in [1.54, 1.807) is 5.57 Å². The molecule has 7 fully saturated rings. The zero-order chi connectivity index (χ0) is 48.4. The minimum Gasteiger partial charge on any atom is -0.479 e. The average molecular weight is 941 g/mol. The molecule has 0 amide bonds. The third kappa shape index (κ3) is 7.88. The Balaban J connectivity index is 1.06. The molecule has 0 aromatic carbocycles. The number of carbonyl (C=O) groups is 1. The van der Waals surface area contributed by atoms with E-state index in [1.165, 1.54) is 6.92 Å². The molecule has 3 saturated heterocycles. The van der Waals surface area contributed by atoms with Gasteiger partial charge in [-0.25, -0.2) is 4.79 Å². The second-order valence-electron chi connectivity index (χ2n) is 24.0. The van der Waals surface area contributed by atoms with E-state index in [1.807, 2.05) is 7.11 Å². The predicted molar refractivity (Wildman–Crippen MR) is 234 cm³/mol. The number of methoxy groups -OCH3 is 1. The van der Waals surface area contributed by atoms with Crippen LogP contribution in [0.4, 0.5) is 0 Å². The van der Waals surface area contributed by atoms with Crippen molar-refractivity contribution >= 4 is 5.97 Å². The van der Waals surface area contributed by atoms with Gasteiger partial charge in [-0.05, 0) is 110 Å². The van der Waals surface area contributed by atoms with E-state index in [0.717, 1.165) is 51.4 Å². The van der Waals surface area contributed by atoms with Gasteiger partial charge in [0.25, 0.3) is 0 Å². The number of rotatable bonds is 9. The zero-order valence-corrected chi connectivity index (χ0v) is 40.5. The number of allylic oxidation sites excluding steroid dienone is 2. The molecule has 17 heteroatoms. The first kappa shape index (κ1) is 51.0. The summed E-state index contributed by atoms with van der Waals surface area (Å²) in [5, 5.41) is 96.8. The molecule has 5 aliphatic carbocycles. The van der Waals surface area contributed by atoms with Crippen molar-refractivity contribution in [2.75, 3.05) is 13.7 Å². The molecule has 9 N–H and O–H groups in total. The summed E-state index contributed by atoms with van der Waals surface area (Å²) in [5.41, 5.74) is 1.34. The summed E-state index contributed by atoms with van der Waals surface area (Å²) in [6.07, 6.45) is -14.5. The third-order valence-electron chi connectivity index (χ3n) is 19.6. The highest BCUT2D eigenvalue weighted by atomic mass is 16.8. The van der Waals surface area contributed by atoms with Gasteiger partial charge in [0.05, 0.1) is 24.9 Å². The maximum absolute atomic E-state index is 12.5. The van der Waals surface area contributed by atoms with Crippen LogP contribution in [0, 0.1) is 50.2 Å². The van der Waals surface area contributed by atoms with Gasteiger partial charge in [0.1, 0.15) is 61.0 Å².